The molecule has 86 valence electrons. The van der Waals surface area contributed by atoms with E-state index >= 15 is 0 Å². The number of aliphatic imine (C=N–C) groups is 1. The van der Waals surface area contributed by atoms with Crippen LogP contribution in [-0.4, -0.2) is 23.6 Å². The van der Waals surface area contributed by atoms with Gasteiger partial charge in [-0.25, -0.2) is 9.79 Å². The average Bonchev–Trinajstić information content (AvgIpc) is 2.25. The van der Waals surface area contributed by atoms with E-state index in [2.05, 4.69) is 9.73 Å². The van der Waals surface area contributed by atoms with Gasteiger partial charge in [0.1, 0.15) is 0 Å². The van der Waals surface area contributed by atoms with Crippen LogP contribution in [0.3, 0.4) is 0 Å². The first-order chi connectivity index (χ1) is 6.65. The second kappa shape index (κ2) is 3.50. The van der Waals surface area contributed by atoms with E-state index in [4.69, 9.17) is 0 Å². The van der Waals surface area contributed by atoms with Crippen LogP contribution in [0.25, 0.3) is 0 Å². The van der Waals surface area contributed by atoms with E-state index in [1.165, 1.54) is 6.92 Å². The molecule has 0 fully saturated rings. The van der Waals surface area contributed by atoms with E-state index in [1.54, 1.807) is 13.8 Å². The van der Waals surface area contributed by atoms with Gasteiger partial charge < -0.3 is 4.74 Å². The molecule has 15 heavy (non-hydrogen) atoms. The van der Waals surface area contributed by atoms with Gasteiger partial charge in [0.15, 0.2) is 5.54 Å². The number of nitrogens with zero attached hydrogens (tertiary/aromatic N) is 1. The van der Waals surface area contributed by atoms with Crippen molar-refractivity contribution < 1.29 is 22.7 Å². The van der Waals surface area contributed by atoms with Crippen LogP contribution >= 0.6 is 0 Å². The molecule has 0 radical (unpaired) electrons. The summed E-state index contributed by atoms with van der Waals surface area (Å²) in [4.78, 5) is 14.6. The van der Waals surface area contributed by atoms with Crippen molar-refractivity contribution in [2.45, 2.75) is 38.9 Å². The highest BCUT2D eigenvalue weighted by atomic mass is 19.4. The number of ether oxygens (including phenoxy) is 1. The van der Waals surface area contributed by atoms with Crippen LogP contribution in [0.15, 0.2) is 4.99 Å². The van der Waals surface area contributed by atoms with Crippen LogP contribution in [0.2, 0.25) is 0 Å². The summed E-state index contributed by atoms with van der Waals surface area (Å²) in [6.07, 6.45) is -4.45. The summed E-state index contributed by atoms with van der Waals surface area (Å²) in [5.74, 6) is -2.29. The molecule has 0 aromatic carbocycles. The largest absolute Gasteiger partial charge is 0.468 e. The maximum Gasteiger partial charge on any atom is 0.468 e. The van der Waals surface area contributed by atoms with Crippen molar-refractivity contribution in [3.8, 4) is 0 Å². The molecule has 0 saturated heterocycles. The molecule has 1 rings (SSSR count). The van der Waals surface area contributed by atoms with E-state index in [0.29, 0.717) is 0 Å². The summed E-state index contributed by atoms with van der Waals surface area (Å²) in [6, 6.07) is 0. The minimum Gasteiger partial charge on any atom is -0.401 e. The van der Waals surface area contributed by atoms with Crippen molar-refractivity contribution >= 4 is 11.9 Å². The van der Waals surface area contributed by atoms with E-state index in [1.807, 2.05) is 0 Å². The highest BCUT2D eigenvalue weighted by molar-refractivity contribution is 6.01. The van der Waals surface area contributed by atoms with Crippen LogP contribution in [0.4, 0.5) is 13.2 Å². The molecule has 1 heterocycles. The molecular weight excluding hydrogens is 211 g/mol. The van der Waals surface area contributed by atoms with Gasteiger partial charge in [-0.3, -0.25) is 0 Å². The number of carbonyl (C=O) groups excluding carboxylic acids is 1. The Morgan fingerprint density at radius 2 is 2.00 bits per heavy atom. The van der Waals surface area contributed by atoms with Gasteiger partial charge >= 0.3 is 18.0 Å². The SMILES string of the molecule is CC(C)C[C@]1(C)N=C(C(F)(F)F)OC1=O. The highest BCUT2D eigenvalue weighted by Crippen LogP contribution is 2.32. The van der Waals surface area contributed by atoms with Crippen LogP contribution in [0.1, 0.15) is 27.2 Å². The zero-order chi connectivity index (χ0) is 11.9. The van der Waals surface area contributed by atoms with E-state index in [9.17, 15) is 18.0 Å². The zero-order valence-electron chi connectivity index (χ0n) is 8.68. The summed E-state index contributed by atoms with van der Waals surface area (Å²) in [6.45, 7) is 4.97. The Bertz CT molecular complexity index is 309. The smallest absolute Gasteiger partial charge is 0.401 e. The van der Waals surface area contributed by atoms with Crippen LogP contribution in [-0.2, 0) is 9.53 Å². The monoisotopic (exact) mass is 223 g/mol. The third-order valence-electron chi connectivity index (χ3n) is 2.03. The average molecular weight is 223 g/mol. The second-order valence-electron chi connectivity index (χ2n) is 4.18. The Morgan fingerprint density at radius 1 is 1.47 bits per heavy atom. The van der Waals surface area contributed by atoms with Crippen molar-refractivity contribution in [2.24, 2.45) is 10.9 Å². The van der Waals surface area contributed by atoms with Crippen molar-refractivity contribution in [3.05, 3.63) is 0 Å². The van der Waals surface area contributed by atoms with Crippen LogP contribution in [0.5, 0.6) is 0 Å². The molecule has 0 spiro atoms. The Hall–Kier alpha value is -1.07. The van der Waals surface area contributed by atoms with Gasteiger partial charge in [0.2, 0.25) is 0 Å². The topological polar surface area (TPSA) is 38.7 Å². The van der Waals surface area contributed by atoms with Crippen molar-refractivity contribution in [3.63, 3.8) is 0 Å². The second-order valence-corrected chi connectivity index (χ2v) is 4.18. The minimum absolute atomic E-state index is 0.0684. The Morgan fingerprint density at radius 3 is 2.33 bits per heavy atom. The lowest BCUT2D eigenvalue weighted by atomic mass is 9.92. The molecule has 1 aliphatic rings. The number of rotatable bonds is 2. The summed E-state index contributed by atoms with van der Waals surface area (Å²) in [7, 11) is 0. The van der Waals surface area contributed by atoms with Gasteiger partial charge in [-0.05, 0) is 19.3 Å². The summed E-state index contributed by atoms with van der Waals surface area (Å²) in [5.41, 5.74) is -1.39. The van der Waals surface area contributed by atoms with Gasteiger partial charge in [0.25, 0.3) is 0 Å². The lowest BCUT2D eigenvalue weighted by molar-refractivity contribution is -0.142. The summed E-state index contributed by atoms with van der Waals surface area (Å²) < 4.78 is 40.7. The Kier molecular flexibility index (Phi) is 2.80. The first-order valence-electron chi connectivity index (χ1n) is 4.54. The fourth-order valence-corrected chi connectivity index (χ4v) is 1.54. The first-order valence-corrected chi connectivity index (χ1v) is 4.54. The standard InChI is InChI=1S/C9H12F3NO2/c1-5(2)4-8(3)7(14)15-6(13-8)9(10,11)12/h5H,4H2,1-3H3/t8-/m0/s1. The molecule has 0 amide bonds. The lowest BCUT2D eigenvalue weighted by Gasteiger charge is -2.17. The number of esters is 1. The molecule has 0 N–H and O–H groups in total. The third-order valence-corrected chi connectivity index (χ3v) is 2.03. The first kappa shape index (κ1) is 12.0. The number of carbonyl (C=O) groups is 1. The predicted octanol–water partition coefficient (Wildman–Crippen LogP) is 2.31. The zero-order valence-corrected chi connectivity index (χ0v) is 8.68. The maximum absolute atomic E-state index is 12.2. The molecule has 1 aliphatic heterocycles. The summed E-state index contributed by atoms with van der Waals surface area (Å²) in [5, 5.41) is 0. The van der Waals surface area contributed by atoms with Crippen LogP contribution < -0.4 is 0 Å². The van der Waals surface area contributed by atoms with Gasteiger partial charge in [0, 0.05) is 0 Å². The molecule has 0 aliphatic carbocycles. The maximum atomic E-state index is 12.2. The van der Waals surface area contributed by atoms with Crippen molar-refractivity contribution in [2.75, 3.05) is 0 Å². The van der Waals surface area contributed by atoms with Gasteiger partial charge in [-0.15, -0.1) is 0 Å². The highest BCUT2D eigenvalue weighted by Gasteiger charge is 2.51. The van der Waals surface area contributed by atoms with E-state index < -0.39 is 23.6 Å². The Labute approximate surface area is 85.3 Å². The normalized spacial score (nSPS) is 26.9. The molecule has 0 unspecified atom stereocenters. The molecule has 0 saturated carbocycles. The summed E-state index contributed by atoms with van der Waals surface area (Å²) >= 11 is 0. The fourth-order valence-electron chi connectivity index (χ4n) is 1.54. The Balaban J connectivity index is 2.93. The molecule has 3 nitrogen and oxygen atoms in total. The van der Waals surface area contributed by atoms with Gasteiger partial charge in [0.05, 0.1) is 0 Å². The number of hydrogen-bond donors (Lipinski definition) is 0. The van der Waals surface area contributed by atoms with Gasteiger partial charge in [-0.2, -0.15) is 13.2 Å². The quantitative estimate of drug-likeness (QED) is 0.674. The van der Waals surface area contributed by atoms with Crippen molar-refractivity contribution in [1.82, 2.24) is 0 Å². The molecule has 1 atom stereocenters. The lowest BCUT2D eigenvalue weighted by Crippen LogP contribution is -2.31. The fraction of sp³-hybridized carbons (Fsp3) is 0.778. The number of halogens is 3. The minimum atomic E-state index is -4.69. The number of hydrogen-bond acceptors (Lipinski definition) is 3. The van der Waals surface area contributed by atoms with E-state index in [-0.39, 0.29) is 12.3 Å². The van der Waals surface area contributed by atoms with E-state index in [0.717, 1.165) is 0 Å². The van der Waals surface area contributed by atoms with Gasteiger partial charge in [-0.1, -0.05) is 13.8 Å². The number of alkyl halides is 3. The molecule has 0 aromatic heterocycles. The number of cyclic esters (lactones) is 1. The molecule has 0 bridgehead atoms. The van der Waals surface area contributed by atoms with Crippen molar-refractivity contribution in [1.29, 1.82) is 0 Å². The molecule has 0 aromatic rings. The molecular formula is C9H12F3NO2. The van der Waals surface area contributed by atoms with Crippen LogP contribution in [0, 0.1) is 5.92 Å². The predicted molar refractivity (Wildman–Crippen MR) is 47.4 cm³/mol. The molecule has 6 heteroatoms. The third kappa shape index (κ3) is 2.49.